The Bertz CT molecular complexity index is 635. The van der Waals surface area contributed by atoms with Crippen LogP contribution in [-0.2, 0) is 0 Å². The number of rotatable bonds is 3. The Hall–Kier alpha value is -2.36. The minimum absolute atomic E-state index is 0.209. The van der Waals surface area contributed by atoms with Crippen molar-refractivity contribution in [2.45, 2.75) is 6.92 Å². The fourth-order valence-electron chi connectivity index (χ4n) is 2.02. The Morgan fingerprint density at radius 3 is 2.63 bits per heavy atom. The molecule has 0 aliphatic carbocycles. The maximum atomic E-state index is 13.5. The molecule has 0 radical (unpaired) electrons. The Balaban J connectivity index is 2.62. The Morgan fingerprint density at radius 1 is 1.26 bits per heavy atom. The zero-order valence-electron chi connectivity index (χ0n) is 10.6. The van der Waals surface area contributed by atoms with E-state index in [2.05, 4.69) is 0 Å². The van der Waals surface area contributed by atoms with Gasteiger partial charge in [0.2, 0.25) is 0 Å². The van der Waals surface area contributed by atoms with E-state index < -0.39 is 11.8 Å². The number of benzene rings is 2. The highest BCUT2D eigenvalue weighted by Crippen LogP contribution is 2.29. The van der Waals surface area contributed by atoms with Gasteiger partial charge < -0.3 is 9.84 Å². The number of methoxy groups -OCH3 is 1. The molecule has 0 unspecified atom stereocenters. The molecule has 0 aliphatic rings. The molecule has 0 bridgehead atoms. The maximum Gasteiger partial charge on any atom is 0.335 e. The van der Waals surface area contributed by atoms with Crippen molar-refractivity contribution >= 4 is 5.97 Å². The van der Waals surface area contributed by atoms with Crippen LogP contribution in [0.2, 0.25) is 0 Å². The average molecular weight is 260 g/mol. The summed E-state index contributed by atoms with van der Waals surface area (Å²) in [6.45, 7) is 1.70. The van der Waals surface area contributed by atoms with E-state index in [1.807, 2.05) is 0 Å². The molecule has 2 aromatic rings. The number of hydrogen-bond donors (Lipinski definition) is 1. The second-order valence-electron chi connectivity index (χ2n) is 4.16. The fraction of sp³-hybridized carbons (Fsp3) is 0.133. The van der Waals surface area contributed by atoms with Crippen molar-refractivity contribution in [3.05, 3.63) is 53.3 Å². The lowest BCUT2D eigenvalue weighted by atomic mass is 9.96. The molecule has 4 heteroatoms. The van der Waals surface area contributed by atoms with E-state index >= 15 is 0 Å². The van der Waals surface area contributed by atoms with Gasteiger partial charge in [-0.25, -0.2) is 9.18 Å². The second kappa shape index (κ2) is 5.10. The summed E-state index contributed by atoms with van der Waals surface area (Å²) >= 11 is 0. The molecule has 0 aliphatic heterocycles. The minimum Gasteiger partial charge on any atom is -0.497 e. The Morgan fingerprint density at radius 2 is 2.00 bits per heavy atom. The van der Waals surface area contributed by atoms with Gasteiger partial charge in [-0.05, 0) is 41.8 Å². The molecule has 98 valence electrons. The normalized spacial score (nSPS) is 10.3. The van der Waals surface area contributed by atoms with Crippen molar-refractivity contribution in [1.29, 1.82) is 0 Å². The van der Waals surface area contributed by atoms with E-state index in [1.54, 1.807) is 25.1 Å². The molecule has 1 N–H and O–H groups in total. The number of ether oxygens (including phenoxy) is 1. The van der Waals surface area contributed by atoms with E-state index in [1.165, 1.54) is 25.3 Å². The highest BCUT2D eigenvalue weighted by molar-refractivity contribution is 5.92. The lowest BCUT2D eigenvalue weighted by molar-refractivity contribution is 0.0696. The van der Waals surface area contributed by atoms with E-state index in [9.17, 15) is 9.18 Å². The number of carboxylic acids is 1. The van der Waals surface area contributed by atoms with Crippen molar-refractivity contribution in [2.24, 2.45) is 0 Å². The average Bonchev–Trinajstić information content (AvgIpc) is 2.37. The lowest BCUT2D eigenvalue weighted by Gasteiger charge is -2.10. The summed E-state index contributed by atoms with van der Waals surface area (Å²) in [5.41, 5.74) is 2.08. The standard InChI is InChI=1S/C15H13FO3/c1-9-13(4-3-5-14(9)15(17)18)10-6-11(16)8-12(7-10)19-2/h3-8H,1-2H3,(H,17,18). The molecule has 0 aromatic heterocycles. The zero-order chi connectivity index (χ0) is 14.0. The van der Waals surface area contributed by atoms with Gasteiger partial charge in [0.05, 0.1) is 12.7 Å². The predicted octanol–water partition coefficient (Wildman–Crippen LogP) is 3.51. The van der Waals surface area contributed by atoms with E-state index in [0.717, 1.165) is 0 Å². The van der Waals surface area contributed by atoms with Crippen LogP contribution in [0.1, 0.15) is 15.9 Å². The molecule has 19 heavy (non-hydrogen) atoms. The molecule has 0 saturated carbocycles. The van der Waals surface area contributed by atoms with Crippen LogP contribution in [0.25, 0.3) is 11.1 Å². The molecule has 0 fully saturated rings. The zero-order valence-corrected chi connectivity index (χ0v) is 10.6. The van der Waals surface area contributed by atoms with Crippen LogP contribution >= 0.6 is 0 Å². The minimum atomic E-state index is -0.997. The summed E-state index contributed by atoms with van der Waals surface area (Å²) < 4.78 is 18.5. The van der Waals surface area contributed by atoms with Crippen LogP contribution in [0.5, 0.6) is 5.75 Å². The molecule has 0 atom stereocenters. The van der Waals surface area contributed by atoms with Gasteiger partial charge in [0.15, 0.2) is 0 Å². The number of halogens is 1. The fourth-order valence-corrected chi connectivity index (χ4v) is 2.02. The van der Waals surface area contributed by atoms with E-state index in [4.69, 9.17) is 9.84 Å². The number of carboxylic acid groups (broad SMARTS) is 1. The SMILES string of the molecule is COc1cc(F)cc(-c2cccc(C(=O)O)c2C)c1. The van der Waals surface area contributed by atoms with Gasteiger partial charge in [-0.15, -0.1) is 0 Å². The van der Waals surface area contributed by atoms with Gasteiger partial charge in [0, 0.05) is 6.07 Å². The first-order valence-corrected chi connectivity index (χ1v) is 5.71. The summed E-state index contributed by atoms with van der Waals surface area (Å²) in [6, 6.07) is 9.24. The van der Waals surface area contributed by atoms with Crippen LogP contribution in [0, 0.1) is 12.7 Å². The quantitative estimate of drug-likeness (QED) is 0.918. The van der Waals surface area contributed by atoms with Gasteiger partial charge in [0.1, 0.15) is 11.6 Å². The maximum absolute atomic E-state index is 13.5. The van der Waals surface area contributed by atoms with E-state index in [0.29, 0.717) is 22.4 Å². The molecular formula is C15H13FO3. The van der Waals surface area contributed by atoms with Crippen molar-refractivity contribution in [3.8, 4) is 16.9 Å². The van der Waals surface area contributed by atoms with Crippen LogP contribution in [0.4, 0.5) is 4.39 Å². The summed E-state index contributed by atoms with van der Waals surface area (Å²) in [6.07, 6.45) is 0. The van der Waals surface area contributed by atoms with Gasteiger partial charge in [-0.2, -0.15) is 0 Å². The molecule has 0 heterocycles. The third kappa shape index (κ3) is 2.57. The predicted molar refractivity (Wildman–Crippen MR) is 70.1 cm³/mol. The highest BCUT2D eigenvalue weighted by atomic mass is 19.1. The Labute approximate surface area is 110 Å². The Kier molecular flexibility index (Phi) is 3.51. The largest absolute Gasteiger partial charge is 0.497 e. The highest BCUT2D eigenvalue weighted by Gasteiger charge is 2.12. The first-order valence-electron chi connectivity index (χ1n) is 5.71. The molecule has 0 saturated heterocycles. The molecule has 3 nitrogen and oxygen atoms in total. The van der Waals surface area contributed by atoms with E-state index in [-0.39, 0.29) is 5.56 Å². The second-order valence-corrected chi connectivity index (χ2v) is 4.16. The molecule has 0 spiro atoms. The summed E-state index contributed by atoms with van der Waals surface area (Å²) in [5, 5.41) is 9.09. The monoisotopic (exact) mass is 260 g/mol. The van der Waals surface area contributed by atoms with Crippen molar-refractivity contribution < 1.29 is 19.0 Å². The van der Waals surface area contributed by atoms with Gasteiger partial charge in [0.25, 0.3) is 0 Å². The summed E-state index contributed by atoms with van der Waals surface area (Å²) in [4.78, 5) is 11.1. The van der Waals surface area contributed by atoms with Crippen LogP contribution < -0.4 is 4.74 Å². The molecule has 2 rings (SSSR count). The number of carbonyl (C=O) groups is 1. The van der Waals surface area contributed by atoms with Crippen molar-refractivity contribution in [3.63, 3.8) is 0 Å². The first-order chi connectivity index (χ1) is 9.02. The third-order valence-corrected chi connectivity index (χ3v) is 2.98. The summed E-state index contributed by atoms with van der Waals surface area (Å²) in [5.74, 6) is -1.02. The first kappa shape index (κ1) is 13.1. The molecule has 0 amide bonds. The molecule has 2 aromatic carbocycles. The number of hydrogen-bond acceptors (Lipinski definition) is 2. The van der Waals surface area contributed by atoms with Gasteiger partial charge >= 0.3 is 5.97 Å². The smallest absolute Gasteiger partial charge is 0.335 e. The van der Waals surface area contributed by atoms with Crippen LogP contribution in [-0.4, -0.2) is 18.2 Å². The van der Waals surface area contributed by atoms with Crippen molar-refractivity contribution in [2.75, 3.05) is 7.11 Å². The molecular weight excluding hydrogens is 247 g/mol. The van der Waals surface area contributed by atoms with Gasteiger partial charge in [-0.1, -0.05) is 12.1 Å². The summed E-state index contributed by atoms with van der Waals surface area (Å²) in [7, 11) is 1.46. The van der Waals surface area contributed by atoms with Crippen LogP contribution in [0.3, 0.4) is 0 Å². The number of aromatic carboxylic acids is 1. The third-order valence-electron chi connectivity index (χ3n) is 2.98. The van der Waals surface area contributed by atoms with Gasteiger partial charge in [-0.3, -0.25) is 0 Å². The van der Waals surface area contributed by atoms with Crippen LogP contribution in [0.15, 0.2) is 36.4 Å². The van der Waals surface area contributed by atoms with Crippen molar-refractivity contribution in [1.82, 2.24) is 0 Å². The topological polar surface area (TPSA) is 46.5 Å². The lowest BCUT2D eigenvalue weighted by Crippen LogP contribution is -2.01.